The smallest absolute Gasteiger partial charge is 0.223 e. The number of ether oxygens (including phenoxy) is 1. The van der Waals surface area contributed by atoms with Gasteiger partial charge in [0.1, 0.15) is 5.75 Å². The van der Waals surface area contributed by atoms with E-state index in [1.807, 2.05) is 12.1 Å². The number of methoxy groups -OCH3 is 1. The van der Waals surface area contributed by atoms with Crippen molar-refractivity contribution in [2.24, 2.45) is 5.92 Å². The largest absolute Gasteiger partial charge is 0.497 e. The van der Waals surface area contributed by atoms with E-state index in [1.165, 1.54) is 5.56 Å². The SMILES string of the molecule is COc1ccc([C@@H]2C[C@H]2C(=O)NCCN2CCN(C)CC2)cc1. The van der Waals surface area contributed by atoms with Crippen molar-refractivity contribution in [3.05, 3.63) is 29.8 Å². The zero-order valence-electron chi connectivity index (χ0n) is 14.1. The molecule has 0 aromatic heterocycles. The number of likely N-dealkylation sites (N-methyl/N-ethyl adjacent to an activating group) is 1. The van der Waals surface area contributed by atoms with Gasteiger partial charge in [0.2, 0.25) is 5.91 Å². The van der Waals surface area contributed by atoms with Gasteiger partial charge in [-0.2, -0.15) is 0 Å². The highest BCUT2D eigenvalue weighted by Gasteiger charge is 2.43. The fourth-order valence-electron chi connectivity index (χ4n) is 3.24. The molecule has 1 saturated carbocycles. The molecule has 1 aromatic rings. The standard InChI is InChI=1S/C18H27N3O2/c1-20-9-11-21(12-10-20)8-7-19-18(22)17-13-16(17)14-3-5-15(23-2)6-4-14/h3-6,16-17H,7-13H2,1-2H3,(H,19,22)/t16-,17+/m0/s1. The Labute approximate surface area is 138 Å². The minimum Gasteiger partial charge on any atom is -0.497 e. The Balaban J connectivity index is 1.38. The van der Waals surface area contributed by atoms with Crippen molar-refractivity contribution in [2.45, 2.75) is 12.3 Å². The molecule has 0 spiro atoms. The van der Waals surface area contributed by atoms with Crippen molar-refractivity contribution in [1.82, 2.24) is 15.1 Å². The summed E-state index contributed by atoms with van der Waals surface area (Å²) < 4.78 is 5.17. The van der Waals surface area contributed by atoms with Gasteiger partial charge in [0, 0.05) is 45.2 Å². The van der Waals surface area contributed by atoms with Gasteiger partial charge in [0.25, 0.3) is 0 Å². The van der Waals surface area contributed by atoms with Gasteiger partial charge in [0.05, 0.1) is 7.11 Å². The molecule has 0 unspecified atom stereocenters. The second kappa shape index (κ2) is 7.32. The molecular formula is C18H27N3O2. The highest BCUT2D eigenvalue weighted by atomic mass is 16.5. The fourth-order valence-corrected chi connectivity index (χ4v) is 3.24. The maximum absolute atomic E-state index is 12.2. The van der Waals surface area contributed by atoms with Gasteiger partial charge in [-0.25, -0.2) is 0 Å². The Bertz CT molecular complexity index is 524. The zero-order chi connectivity index (χ0) is 16.2. The fraction of sp³-hybridized carbons (Fsp3) is 0.611. The van der Waals surface area contributed by atoms with Crippen LogP contribution in [0.4, 0.5) is 0 Å². The van der Waals surface area contributed by atoms with Gasteiger partial charge in [-0.05, 0) is 37.1 Å². The Morgan fingerprint density at radius 2 is 1.91 bits per heavy atom. The van der Waals surface area contributed by atoms with Crippen LogP contribution in [-0.4, -0.2) is 69.1 Å². The highest BCUT2D eigenvalue weighted by Crippen LogP contribution is 2.47. The molecule has 1 aliphatic carbocycles. The number of nitrogens with zero attached hydrogens (tertiary/aromatic N) is 2. The first kappa shape index (κ1) is 16.3. The minimum absolute atomic E-state index is 0.149. The molecule has 1 amide bonds. The molecule has 5 nitrogen and oxygen atoms in total. The second-order valence-electron chi connectivity index (χ2n) is 6.66. The molecule has 1 N–H and O–H groups in total. The normalized spacial score (nSPS) is 25.1. The summed E-state index contributed by atoms with van der Waals surface area (Å²) in [5.41, 5.74) is 1.24. The number of rotatable bonds is 6. The van der Waals surface area contributed by atoms with Crippen LogP contribution in [0.2, 0.25) is 0 Å². The molecule has 2 atom stereocenters. The quantitative estimate of drug-likeness (QED) is 0.855. The minimum atomic E-state index is 0.149. The third kappa shape index (κ3) is 4.24. The lowest BCUT2D eigenvalue weighted by atomic mass is 10.1. The number of hydrogen-bond acceptors (Lipinski definition) is 4. The topological polar surface area (TPSA) is 44.8 Å². The number of carbonyl (C=O) groups is 1. The van der Waals surface area contributed by atoms with E-state index in [9.17, 15) is 4.79 Å². The number of carbonyl (C=O) groups excluding carboxylic acids is 1. The first-order valence-corrected chi connectivity index (χ1v) is 8.50. The van der Waals surface area contributed by atoms with Crippen LogP contribution in [0.1, 0.15) is 17.9 Å². The predicted octanol–water partition coefficient (Wildman–Crippen LogP) is 1.16. The Kier molecular flexibility index (Phi) is 5.18. The van der Waals surface area contributed by atoms with Gasteiger partial charge < -0.3 is 15.0 Å². The summed E-state index contributed by atoms with van der Waals surface area (Å²) in [6.45, 7) is 6.16. The summed E-state index contributed by atoms with van der Waals surface area (Å²) in [4.78, 5) is 17.0. The molecular weight excluding hydrogens is 290 g/mol. The lowest BCUT2D eigenvalue weighted by molar-refractivity contribution is -0.122. The average Bonchev–Trinajstić information content (AvgIpc) is 3.37. The first-order valence-electron chi connectivity index (χ1n) is 8.50. The summed E-state index contributed by atoms with van der Waals surface area (Å²) in [6, 6.07) is 8.08. The van der Waals surface area contributed by atoms with Crippen LogP contribution in [0.25, 0.3) is 0 Å². The summed E-state index contributed by atoms with van der Waals surface area (Å²) in [6.07, 6.45) is 0.965. The zero-order valence-corrected chi connectivity index (χ0v) is 14.1. The van der Waals surface area contributed by atoms with Crippen LogP contribution in [0.5, 0.6) is 5.75 Å². The molecule has 1 heterocycles. The third-order valence-electron chi connectivity index (χ3n) is 4.99. The molecule has 0 radical (unpaired) electrons. The van der Waals surface area contributed by atoms with Crippen LogP contribution in [0, 0.1) is 5.92 Å². The van der Waals surface area contributed by atoms with Crippen molar-refractivity contribution < 1.29 is 9.53 Å². The van der Waals surface area contributed by atoms with E-state index < -0.39 is 0 Å². The highest BCUT2D eigenvalue weighted by molar-refractivity contribution is 5.82. The Morgan fingerprint density at radius 1 is 1.22 bits per heavy atom. The van der Waals surface area contributed by atoms with E-state index in [0.717, 1.165) is 51.4 Å². The molecule has 3 rings (SSSR count). The first-order chi connectivity index (χ1) is 11.2. The molecule has 1 aliphatic heterocycles. The number of hydrogen-bond donors (Lipinski definition) is 1. The molecule has 2 aliphatic rings. The van der Waals surface area contributed by atoms with Crippen molar-refractivity contribution in [2.75, 3.05) is 53.4 Å². The summed E-state index contributed by atoms with van der Waals surface area (Å²) in [5, 5.41) is 3.11. The van der Waals surface area contributed by atoms with E-state index in [0.29, 0.717) is 5.92 Å². The van der Waals surface area contributed by atoms with Crippen LogP contribution < -0.4 is 10.1 Å². The van der Waals surface area contributed by atoms with E-state index in [4.69, 9.17) is 4.74 Å². The number of nitrogens with one attached hydrogen (secondary N) is 1. The maximum atomic E-state index is 12.2. The molecule has 126 valence electrons. The van der Waals surface area contributed by atoms with Crippen LogP contribution >= 0.6 is 0 Å². The Morgan fingerprint density at radius 3 is 2.57 bits per heavy atom. The molecule has 0 bridgehead atoms. The molecule has 1 saturated heterocycles. The lowest BCUT2D eigenvalue weighted by Gasteiger charge is -2.32. The molecule has 1 aromatic carbocycles. The number of piperazine rings is 1. The predicted molar refractivity (Wildman–Crippen MR) is 90.8 cm³/mol. The lowest BCUT2D eigenvalue weighted by Crippen LogP contribution is -2.47. The number of benzene rings is 1. The van der Waals surface area contributed by atoms with E-state index in [1.54, 1.807) is 7.11 Å². The van der Waals surface area contributed by atoms with Gasteiger partial charge in [-0.15, -0.1) is 0 Å². The average molecular weight is 317 g/mol. The Hall–Kier alpha value is -1.59. The van der Waals surface area contributed by atoms with Crippen LogP contribution in [-0.2, 0) is 4.79 Å². The van der Waals surface area contributed by atoms with E-state index in [-0.39, 0.29) is 11.8 Å². The van der Waals surface area contributed by atoms with Gasteiger partial charge in [0.15, 0.2) is 0 Å². The summed E-state index contributed by atoms with van der Waals surface area (Å²) in [5.74, 6) is 1.60. The summed E-state index contributed by atoms with van der Waals surface area (Å²) >= 11 is 0. The van der Waals surface area contributed by atoms with Crippen LogP contribution in [0.15, 0.2) is 24.3 Å². The van der Waals surface area contributed by atoms with E-state index >= 15 is 0 Å². The molecule has 2 fully saturated rings. The number of amides is 1. The van der Waals surface area contributed by atoms with Gasteiger partial charge >= 0.3 is 0 Å². The third-order valence-corrected chi connectivity index (χ3v) is 4.99. The van der Waals surface area contributed by atoms with Crippen molar-refractivity contribution in [3.63, 3.8) is 0 Å². The van der Waals surface area contributed by atoms with Crippen molar-refractivity contribution >= 4 is 5.91 Å². The van der Waals surface area contributed by atoms with Gasteiger partial charge in [-0.3, -0.25) is 9.69 Å². The van der Waals surface area contributed by atoms with Crippen LogP contribution in [0.3, 0.4) is 0 Å². The van der Waals surface area contributed by atoms with Gasteiger partial charge in [-0.1, -0.05) is 12.1 Å². The molecule has 23 heavy (non-hydrogen) atoms. The van der Waals surface area contributed by atoms with E-state index in [2.05, 4.69) is 34.3 Å². The van der Waals surface area contributed by atoms with Crippen molar-refractivity contribution in [3.8, 4) is 5.75 Å². The maximum Gasteiger partial charge on any atom is 0.223 e. The summed E-state index contributed by atoms with van der Waals surface area (Å²) in [7, 11) is 3.83. The van der Waals surface area contributed by atoms with Crippen molar-refractivity contribution in [1.29, 1.82) is 0 Å². The molecule has 5 heteroatoms. The second-order valence-corrected chi connectivity index (χ2v) is 6.66. The monoisotopic (exact) mass is 317 g/mol.